The van der Waals surface area contributed by atoms with E-state index in [1.807, 2.05) is 21.1 Å². The van der Waals surface area contributed by atoms with Crippen molar-refractivity contribution in [1.82, 2.24) is 9.55 Å². The highest BCUT2D eigenvalue weighted by Gasteiger charge is 2.12. The molecule has 5 nitrogen and oxygen atoms in total. The summed E-state index contributed by atoms with van der Waals surface area (Å²) in [5, 5.41) is 0.116. The number of imidazole rings is 1. The summed E-state index contributed by atoms with van der Waals surface area (Å²) in [6.45, 7) is 1.11. The van der Waals surface area contributed by atoms with Crippen molar-refractivity contribution in [3.05, 3.63) is 17.7 Å². The van der Waals surface area contributed by atoms with E-state index in [0.717, 1.165) is 15.6 Å². The lowest BCUT2D eigenvalue weighted by Gasteiger charge is -2.23. The minimum Gasteiger partial charge on any atom is -0.443 e. The Bertz CT molecular complexity index is 343. The van der Waals surface area contributed by atoms with Crippen LogP contribution in [0.3, 0.4) is 0 Å². The molecule has 0 aliphatic heterocycles. The quantitative estimate of drug-likeness (QED) is 0.737. The van der Waals surface area contributed by atoms with Gasteiger partial charge in [0, 0.05) is 12.4 Å². The van der Waals surface area contributed by atoms with Gasteiger partial charge in [-0.3, -0.25) is 0 Å². The topological polar surface area (TPSA) is 44.1 Å². The van der Waals surface area contributed by atoms with E-state index in [-0.39, 0.29) is 5.28 Å². The SMILES string of the molecule is C[N+](C)(C)CCOC(=O)n1ccnc1Cl. The molecule has 1 heterocycles. The number of likely N-dealkylation sites (N-methyl/N-ethyl adjacent to an activating group) is 1. The molecule has 0 saturated heterocycles. The van der Waals surface area contributed by atoms with Crippen molar-refractivity contribution in [2.24, 2.45) is 0 Å². The van der Waals surface area contributed by atoms with Gasteiger partial charge in [-0.1, -0.05) is 0 Å². The van der Waals surface area contributed by atoms with Gasteiger partial charge in [0.2, 0.25) is 5.28 Å². The molecule has 0 aliphatic rings. The van der Waals surface area contributed by atoms with Gasteiger partial charge in [-0.2, -0.15) is 0 Å². The smallest absolute Gasteiger partial charge is 0.420 e. The van der Waals surface area contributed by atoms with Crippen molar-refractivity contribution in [3.63, 3.8) is 0 Å². The van der Waals surface area contributed by atoms with Crippen LogP contribution in [0.1, 0.15) is 0 Å². The summed E-state index contributed by atoms with van der Waals surface area (Å²) < 4.78 is 6.93. The molecule has 15 heavy (non-hydrogen) atoms. The van der Waals surface area contributed by atoms with E-state index in [2.05, 4.69) is 4.98 Å². The third kappa shape index (κ3) is 3.89. The second-order valence-electron chi connectivity index (χ2n) is 4.19. The average Bonchev–Trinajstić information content (AvgIpc) is 2.48. The van der Waals surface area contributed by atoms with Crippen molar-refractivity contribution >= 4 is 17.7 Å². The fraction of sp³-hybridized carbons (Fsp3) is 0.556. The van der Waals surface area contributed by atoms with Crippen LogP contribution >= 0.6 is 11.6 Å². The summed E-state index contributed by atoms with van der Waals surface area (Å²) in [6, 6.07) is 0. The highest BCUT2D eigenvalue weighted by Crippen LogP contribution is 2.05. The van der Waals surface area contributed by atoms with Crippen LogP contribution in [0.2, 0.25) is 5.28 Å². The number of rotatable bonds is 3. The third-order valence-electron chi connectivity index (χ3n) is 1.78. The van der Waals surface area contributed by atoms with Crippen LogP contribution in [0.5, 0.6) is 0 Å². The van der Waals surface area contributed by atoms with Crippen molar-refractivity contribution in [1.29, 1.82) is 0 Å². The zero-order chi connectivity index (χ0) is 11.5. The summed E-state index contributed by atoms with van der Waals surface area (Å²) in [7, 11) is 6.08. The standard InChI is InChI=1S/C9H15ClN3O2/c1-13(2,3)6-7-15-9(14)12-5-4-11-8(12)10/h4-5H,6-7H2,1-3H3/q+1. The summed E-state index contributed by atoms with van der Waals surface area (Å²) >= 11 is 5.65. The van der Waals surface area contributed by atoms with Crippen LogP contribution in [0.15, 0.2) is 12.4 Å². The van der Waals surface area contributed by atoms with Crippen LogP contribution < -0.4 is 0 Å². The van der Waals surface area contributed by atoms with Gasteiger partial charge in [0.15, 0.2) is 0 Å². The number of halogens is 1. The van der Waals surface area contributed by atoms with Crippen LogP contribution in [-0.2, 0) is 4.74 Å². The number of nitrogens with zero attached hydrogens (tertiary/aromatic N) is 3. The highest BCUT2D eigenvalue weighted by atomic mass is 35.5. The van der Waals surface area contributed by atoms with E-state index in [1.165, 1.54) is 12.4 Å². The Kier molecular flexibility index (Phi) is 3.71. The Hall–Kier alpha value is -1.07. The number of aromatic nitrogens is 2. The molecule has 0 aliphatic carbocycles. The third-order valence-corrected chi connectivity index (χ3v) is 2.06. The lowest BCUT2D eigenvalue weighted by Crippen LogP contribution is -2.38. The normalized spacial score (nSPS) is 11.5. The number of quaternary nitrogens is 1. The van der Waals surface area contributed by atoms with Gasteiger partial charge in [-0.25, -0.2) is 14.3 Å². The maximum Gasteiger partial charge on any atom is 0.420 e. The Morgan fingerprint density at radius 1 is 1.60 bits per heavy atom. The molecule has 84 valence electrons. The van der Waals surface area contributed by atoms with E-state index < -0.39 is 6.09 Å². The first-order valence-corrected chi connectivity index (χ1v) is 4.94. The molecule has 0 amide bonds. The minimum atomic E-state index is -0.494. The van der Waals surface area contributed by atoms with Gasteiger partial charge >= 0.3 is 6.09 Å². The lowest BCUT2D eigenvalue weighted by atomic mass is 10.5. The van der Waals surface area contributed by atoms with E-state index in [1.54, 1.807) is 0 Å². The molecule has 1 aromatic rings. The first-order valence-electron chi connectivity index (χ1n) is 4.56. The molecule has 6 heteroatoms. The molecule has 0 aromatic carbocycles. The van der Waals surface area contributed by atoms with Crippen molar-refractivity contribution in [3.8, 4) is 0 Å². The van der Waals surface area contributed by atoms with Gasteiger partial charge in [-0.05, 0) is 11.6 Å². The summed E-state index contributed by atoms with van der Waals surface area (Å²) in [5.74, 6) is 0. The maximum atomic E-state index is 11.4. The molecule has 1 rings (SSSR count). The van der Waals surface area contributed by atoms with Gasteiger partial charge in [0.1, 0.15) is 13.2 Å². The Morgan fingerprint density at radius 2 is 2.27 bits per heavy atom. The monoisotopic (exact) mass is 232 g/mol. The predicted molar refractivity (Wildman–Crippen MR) is 56.9 cm³/mol. The molecule has 0 bridgehead atoms. The highest BCUT2D eigenvalue weighted by molar-refractivity contribution is 6.29. The van der Waals surface area contributed by atoms with Gasteiger partial charge in [0.25, 0.3) is 0 Å². The average molecular weight is 233 g/mol. The Balaban J connectivity index is 2.41. The second kappa shape index (κ2) is 4.63. The van der Waals surface area contributed by atoms with Crippen LogP contribution in [-0.4, -0.2) is 54.4 Å². The maximum absolute atomic E-state index is 11.4. The number of hydrogen-bond acceptors (Lipinski definition) is 3. The summed E-state index contributed by atoms with van der Waals surface area (Å²) in [5.41, 5.74) is 0. The van der Waals surface area contributed by atoms with Gasteiger partial charge in [0.05, 0.1) is 21.1 Å². The first kappa shape index (κ1) is 12.0. The van der Waals surface area contributed by atoms with E-state index in [0.29, 0.717) is 6.61 Å². The summed E-state index contributed by atoms with van der Waals surface area (Å²) in [6.07, 6.45) is 2.42. The largest absolute Gasteiger partial charge is 0.443 e. The number of carbonyl (C=O) groups excluding carboxylic acids is 1. The first-order chi connectivity index (χ1) is 6.90. The molecular weight excluding hydrogens is 218 g/mol. The van der Waals surface area contributed by atoms with Crippen molar-refractivity contribution in [2.75, 3.05) is 34.3 Å². The molecule has 0 N–H and O–H groups in total. The Morgan fingerprint density at radius 3 is 2.73 bits per heavy atom. The number of carbonyl (C=O) groups is 1. The summed E-state index contributed by atoms with van der Waals surface area (Å²) in [4.78, 5) is 15.1. The van der Waals surface area contributed by atoms with Crippen molar-refractivity contribution in [2.45, 2.75) is 0 Å². The Labute approximate surface area is 93.8 Å². The minimum absolute atomic E-state index is 0.116. The zero-order valence-corrected chi connectivity index (χ0v) is 9.86. The van der Waals surface area contributed by atoms with Crippen LogP contribution in [0.25, 0.3) is 0 Å². The number of hydrogen-bond donors (Lipinski definition) is 0. The molecular formula is C9H15ClN3O2+. The van der Waals surface area contributed by atoms with Gasteiger partial charge < -0.3 is 9.22 Å². The molecule has 0 radical (unpaired) electrons. The molecule has 1 aromatic heterocycles. The van der Waals surface area contributed by atoms with E-state index >= 15 is 0 Å². The molecule has 0 unspecified atom stereocenters. The van der Waals surface area contributed by atoms with E-state index in [9.17, 15) is 4.79 Å². The number of ether oxygens (including phenoxy) is 1. The zero-order valence-electron chi connectivity index (χ0n) is 9.11. The molecule has 0 saturated carbocycles. The fourth-order valence-corrected chi connectivity index (χ4v) is 1.08. The second-order valence-corrected chi connectivity index (χ2v) is 4.53. The van der Waals surface area contributed by atoms with Crippen molar-refractivity contribution < 1.29 is 14.0 Å². The van der Waals surface area contributed by atoms with E-state index in [4.69, 9.17) is 16.3 Å². The predicted octanol–water partition coefficient (Wildman–Crippen LogP) is 1.23. The van der Waals surface area contributed by atoms with Crippen LogP contribution in [0, 0.1) is 0 Å². The molecule has 0 spiro atoms. The van der Waals surface area contributed by atoms with Crippen LogP contribution in [0.4, 0.5) is 4.79 Å². The fourth-order valence-electron chi connectivity index (χ4n) is 0.898. The molecule has 0 fully saturated rings. The lowest BCUT2D eigenvalue weighted by molar-refractivity contribution is -0.870. The molecule has 0 atom stereocenters. The van der Waals surface area contributed by atoms with Gasteiger partial charge in [-0.15, -0.1) is 0 Å².